The molecule has 0 radical (unpaired) electrons. The van der Waals surface area contributed by atoms with Crippen LogP contribution in [0.5, 0.6) is 0 Å². The third-order valence-corrected chi connectivity index (χ3v) is 7.63. The van der Waals surface area contributed by atoms with Crippen molar-refractivity contribution in [3.8, 4) is 11.3 Å². The van der Waals surface area contributed by atoms with Crippen molar-refractivity contribution in [2.45, 2.75) is 56.9 Å². The Hall–Kier alpha value is -2.97. The highest BCUT2D eigenvalue weighted by molar-refractivity contribution is 7.92. The lowest BCUT2D eigenvalue weighted by atomic mass is 9.96. The Bertz CT molecular complexity index is 1250. The highest BCUT2D eigenvalue weighted by Gasteiger charge is 2.20. The molecule has 8 heteroatoms. The molecule has 186 valence electrons. The highest BCUT2D eigenvalue weighted by atomic mass is 32.2. The number of aliphatic hydroxyl groups excluding tert-OH is 1. The molecule has 3 heterocycles. The fourth-order valence-electron chi connectivity index (χ4n) is 4.50. The number of nitrogens with one attached hydrogen (secondary N) is 1. The van der Waals surface area contributed by atoms with E-state index in [9.17, 15) is 13.5 Å². The van der Waals surface area contributed by atoms with Crippen LogP contribution in [0.2, 0.25) is 0 Å². The number of aromatic nitrogens is 2. The minimum Gasteiger partial charge on any atom is -0.396 e. The van der Waals surface area contributed by atoms with Gasteiger partial charge in [-0.05, 0) is 61.9 Å². The average molecular weight is 495 g/mol. The third-order valence-electron chi connectivity index (χ3n) is 6.38. The Kier molecular flexibility index (Phi) is 8.36. The largest absolute Gasteiger partial charge is 0.396 e. The van der Waals surface area contributed by atoms with Crippen LogP contribution in [0, 0.1) is 6.92 Å². The molecular weight excluding hydrogens is 460 g/mol. The van der Waals surface area contributed by atoms with E-state index in [1.54, 1.807) is 12.1 Å². The van der Waals surface area contributed by atoms with E-state index < -0.39 is 10.0 Å². The first kappa shape index (κ1) is 25.1. The standard InChI is InChI=1S/C27H34N4O3S/c1-21-16-17-24-28-27(21)23-13-7-6-12-22(23)11-5-3-2-4-8-18-31(19-10-20-32)25-14-9-15-26(29-25)35(33,34)30-24/h6-7,9,12-17,32H,2-5,8,10-11,18-20H2,1H3,(H,28,30). The molecule has 0 spiro atoms. The highest BCUT2D eigenvalue weighted by Crippen LogP contribution is 2.29. The maximum absolute atomic E-state index is 13.2. The van der Waals surface area contributed by atoms with Crippen molar-refractivity contribution in [2.24, 2.45) is 0 Å². The number of aryl methyl sites for hydroxylation is 2. The predicted octanol–water partition coefficient (Wildman–Crippen LogP) is 4.95. The Morgan fingerprint density at radius 2 is 1.74 bits per heavy atom. The summed E-state index contributed by atoms with van der Waals surface area (Å²) in [7, 11) is -3.93. The molecule has 1 aliphatic heterocycles. The van der Waals surface area contributed by atoms with Crippen molar-refractivity contribution < 1.29 is 13.5 Å². The molecule has 1 aliphatic rings. The normalized spacial score (nSPS) is 16.5. The number of hydrogen-bond donors (Lipinski definition) is 2. The number of aliphatic hydroxyl groups is 1. The third kappa shape index (κ3) is 6.38. The minimum atomic E-state index is -3.93. The van der Waals surface area contributed by atoms with E-state index in [4.69, 9.17) is 4.98 Å². The smallest absolute Gasteiger partial charge is 0.280 e. The number of sulfonamides is 1. The van der Waals surface area contributed by atoms with Crippen LogP contribution in [0.25, 0.3) is 11.3 Å². The maximum Gasteiger partial charge on any atom is 0.280 e. The first-order valence-electron chi connectivity index (χ1n) is 12.4. The summed E-state index contributed by atoms with van der Waals surface area (Å²) >= 11 is 0. The number of rotatable bonds is 3. The van der Waals surface area contributed by atoms with Crippen molar-refractivity contribution in [2.75, 3.05) is 29.3 Å². The number of hydrogen-bond acceptors (Lipinski definition) is 6. The van der Waals surface area contributed by atoms with Gasteiger partial charge >= 0.3 is 0 Å². The molecule has 0 saturated heterocycles. The fourth-order valence-corrected chi connectivity index (χ4v) is 5.46. The lowest BCUT2D eigenvalue weighted by Gasteiger charge is -2.24. The van der Waals surface area contributed by atoms with Crippen LogP contribution in [0.3, 0.4) is 0 Å². The van der Waals surface area contributed by atoms with Gasteiger partial charge in [-0.15, -0.1) is 0 Å². The summed E-state index contributed by atoms with van der Waals surface area (Å²) in [5.41, 5.74) is 4.06. The molecule has 2 aromatic heterocycles. The molecule has 4 rings (SSSR count). The Labute approximate surface area is 208 Å². The first-order chi connectivity index (χ1) is 17.0. The van der Waals surface area contributed by atoms with Crippen LogP contribution < -0.4 is 9.62 Å². The summed E-state index contributed by atoms with van der Waals surface area (Å²) < 4.78 is 29.1. The van der Waals surface area contributed by atoms with Crippen LogP contribution in [-0.4, -0.2) is 43.2 Å². The second-order valence-electron chi connectivity index (χ2n) is 9.04. The fraction of sp³-hybridized carbons (Fsp3) is 0.407. The van der Waals surface area contributed by atoms with Gasteiger partial charge in [0.1, 0.15) is 11.6 Å². The van der Waals surface area contributed by atoms with Crippen molar-refractivity contribution in [1.82, 2.24) is 9.97 Å². The number of pyridine rings is 2. The summed E-state index contributed by atoms with van der Waals surface area (Å²) in [6, 6.07) is 16.9. The summed E-state index contributed by atoms with van der Waals surface area (Å²) in [6.45, 7) is 3.48. The molecule has 4 bridgehead atoms. The van der Waals surface area contributed by atoms with Gasteiger partial charge in [-0.3, -0.25) is 4.72 Å². The van der Waals surface area contributed by atoms with Crippen molar-refractivity contribution in [1.29, 1.82) is 0 Å². The van der Waals surface area contributed by atoms with Crippen molar-refractivity contribution >= 4 is 21.7 Å². The van der Waals surface area contributed by atoms with Crippen LogP contribution >= 0.6 is 0 Å². The predicted molar refractivity (Wildman–Crippen MR) is 140 cm³/mol. The number of nitrogens with zero attached hydrogens (tertiary/aromatic N) is 3. The quantitative estimate of drug-likeness (QED) is 0.535. The van der Waals surface area contributed by atoms with E-state index in [0.29, 0.717) is 18.8 Å². The molecule has 0 amide bonds. The molecule has 35 heavy (non-hydrogen) atoms. The van der Waals surface area contributed by atoms with Crippen LogP contribution in [-0.2, 0) is 16.4 Å². The Morgan fingerprint density at radius 3 is 2.60 bits per heavy atom. The SMILES string of the molecule is Cc1ccc2nc1-c1ccccc1CCCCCCCN(CCCO)c1cccc(n1)S(=O)(=O)N2. The maximum atomic E-state index is 13.2. The van der Waals surface area contributed by atoms with E-state index in [1.165, 1.54) is 11.6 Å². The van der Waals surface area contributed by atoms with E-state index in [0.717, 1.165) is 61.9 Å². The molecule has 2 N–H and O–H groups in total. The zero-order chi connectivity index (χ0) is 24.7. The summed E-state index contributed by atoms with van der Waals surface area (Å²) in [5, 5.41) is 9.29. The minimum absolute atomic E-state index is 0.0468. The van der Waals surface area contributed by atoms with Crippen LogP contribution in [0.1, 0.15) is 49.7 Å². The van der Waals surface area contributed by atoms with Gasteiger partial charge in [0.05, 0.1) is 5.69 Å². The second kappa shape index (κ2) is 11.6. The van der Waals surface area contributed by atoms with Gasteiger partial charge in [0.15, 0.2) is 5.03 Å². The molecule has 0 atom stereocenters. The van der Waals surface area contributed by atoms with Gasteiger partial charge in [-0.2, -0.15) is 8.42 Å². The molecule has 1 aromatic carbocycles. The van der Waals surface area contributed by atoms with Gasteiger partial charge in [0.25, 0.3) is 10.0 Å². The van der Waals surface area contributed by atoms with E-state index in [2.05, 4.69) is 26.7 Å². The molecule has 3 aromatic rings. The van der Waals surface area contributed by atoms with E-state index in [1.807, 2.05) is 31.2 Å². The topological polar surface area (TPSA) is 95.4 Å². The van der Waals surface area contributed by atoms with Gasteiger partial charge < -0.3 is 10.0 Å². The average Bonchev–Trinajstić information content (AvgIpc) is 2.86. The molecule has 0 fully saturated rings. The molecule has 0 aliphatic carbocycles. The van der Waals surface area contributed by atoms with Crippen molar-refractivity contribution in [3.63, 3.8) is 0 Å². The van der Waals surface area contributed by atoms with Gasteiger partial charge in [0.2, 0.25) is 0 Å². The van der Waals surface area contributed by atoms with Gasteiger partial charge in [-0.1, -0.05) is 55.7 Å². The first-order valence-corrected chi connectivity index (χ1v) is 13.9. The number of benzene rings is 1. The van der Waals surface area contributed by atoms with Crippen molar-refractivity contribution in [3.05, 3.63) is 65.7 Å². The Balaban J connectivity index is 1.73. The van der Waals surface area contributed by atoms with Gasteiger partial charge in [-0.25, -0.2) is 9.97 Å². The molecule has 0 unspecified atom stereocenters. The second-order valence-corrected chi connectivity index (χ2v) is 10.7. The zero-order valence-electron chi connectivity index (χ0n) is 20.3. The monoisotopic (exact) mass is 494 g/mol. The lowest BCUT2D eigenvalue weighted by molar-refractivity contribution is 0.289. The molecular formula is C27H34N4O3S. The lowest BCUT2D eigenvalue weighted by Crippen LogP contribution is -2.28. The van der Waals surface area contributed by atoms with E-state index >= 15 is 0 Å². The van der Waals surface area contributed by atoms with Gasteiger partial charge in [0, 0.05) is 25.3 Å². The van der Waals surface area contributed by atoms with Crippen LogP contribution in [0.4, 0.5) is 11.6 Å². The zero-order valence-corrected chi connectivity index (χ0v) is 21.1. The summed E-state index contributed by atoms with van der Waals surface area (Å²) in [4.78, 5) is 11.3. The Morgan fingerprint density at radius 1 is 0.943 bits per heavy atom. The molecule has 7 nitrogen and oxygen atoms in total. The summed E-state index contributed by atoms with van der Waals surface area (Å²) in [5.74, 6) is 0.875. The van der Waals surface area contributed by atoms with E-state index in [-0.39, 0.29) is 17.5 Å². The molecule has 0 saturated carbocycles. The summed E-state index contributed by atoms with van der Waals surface area (Å²) in [6.07, 6.45) is 7.06. The van der Waals surface area contributed by atoms with Crippen LogP contribution in [0.15, 0.2) is 59.6 Å². The number of anilines is 2. The number of fused-ring (bicyclic) bond motifs is 6.